The number of aromatic nitrogens is 1. The fraction of sp³-hybridized carbons (Fsp3) is 0.188. The van der Waals surface area contributed by atoms with Gasteiger partial charge in [0.25, 0.3) is 6.04 Å². The third-order valence-corrected chi connectivity index (χ3v) is 3.38. The summed E-state index contributed by atoms with van der Waals surface area (Å²) in [6.45, 7) is 2.56. The average molecular weight is 303 g/mol. The summed E-state index contributed by atoms with van der Waals surface area (Å²) >= 11 is 5.33. The van der Waals surface area contributed by atoms with Crippen LogP contribution < -0.4 is 9.88 Å². The number of pyridine rings is 1. The summed E-state index contributed by atoms with van der Waals surface area (Å²) < 4.78 is 14.7. The molecular formula is C16H16FN2OS+. The van der Waals surface area contributed by atoms with Crippen LogP contribution in [0.5, 0.6) is 0 Å². The van der Waals surface area contributed by atoms with Crippen LogP contribution in [-0.2, 0) is 0 Å². The Balaban J connectivity index is 2.37. The van der Waals surface area contributed by atoms with Gasteiger partial charge in [-0.25, -0.2) is 4.39 Å². The summed E-state index contributed by atoms with van der Waals surface area (Å²) in [4.78, 5) is 13.1. The maximum atomic E-state index is 13.0. The number of nitrogens with zero attached hydrogens (tertiary/aromatic N) is 1. The first-order valence-electron chi connectivity index (χ1n) is 6.66. The van der Waals surface area contributed by atoms with Crippen LogP contribution >= 0.6 is 12.2 Å². The van der Waals surface area contributed by atoms with Gasteiger partial charge in [0.2, 0.25) is 5.78 Å². The molecule has 2 rings (SSSR count). The quantitative estimate of drug-likeness (QED) is 0.523. The van der Waals surface area contributed by atoms with E-state index in [0.29, 0.717) is 17.1 Å². The molecule has 0 saturated heterocycles. The Labute approximate surface area is 128 Å². The first kappa shape index (κ1) is 15.3. The van der Waals surface area contributed by atoms with E-state index in [9.17, 15) is 9.18 Å². The van der Waals surface area contributed by atoms with Crippen molar-refractivity contribution in [3.8, 4) is 0 Å². The summed E-state index contributed by atoms with van der Waals surface area (Å²) in [6, 6.07) is 10.4. The molecule has 0 aliphatic carbocycles. The molecule has 0 fully saturated rings. The molecule has 0 bridgehead atoms. The number of benzene rings is 1. The van der Waals surface area contributed by atoms with E-state index in [-0.39, 0.29) is 11.6 Å². The first-order chi connectivity index (χ1) is 10.1. The van der Waals surface area contributed by atoms with Crippen LogP contribution in [0.25, 0.3) is 0 Å². The summed E-state index contributed by atoms with van der Waals surface area (Å²) in [5.41, 5.74) is 0.429. The van der Waals surface area contributed by atoms with Crippen molar-refractivity contribution in [1.29, 1.82) is 0 Å². The van der Waals surface area contributed by atoms with Crippen LogP contribution in [0, 0.1) is 5.82 Å². The van der Waals surface area contributed by atoms with Gasteiger partial charge in [-0.05, 0) is 31.2 Å². The third-order valence-electron chi connectivity index (χ3n) is 3.01. The number of ketones is 1. The second-order valence-electron chi connectivity index (χ2n) is 4.49. The lowest BCUT2D eigenvalue weighted by Crippen LogP contribution is -2.51. The molecule has 0 amide bonds. The smallest absolute Gasteiger partial charge is 0.270 e. The molecule has 1 atom stereocenters. The highest BCUT2D eigenvalue weighted by Gasteiger charge is 2.32. The molecule has 3 nitrogen and oxygen atoms in total. The van der Waals surface area contributed by atoms with Gasteiger partial charge in [0.1, 0.15) is 5.82 Å². The molecule has 1 unspecified atom stereocenters. The summed E-state index contributed by atoms with van der Waals surface area (Å²) in [5.74, 6) is -0.540. The molecule has 2 aromatic rings. The highest BCUT2D eigenvalue weighted by atomic mass is 32.1. The Morgan fingerprint density at radius 1 is 1.24 bits per heavy atom. The number of thiocarbonyl (C=S) groups is 1. The molecule has 108 valence electrons. The molecule has 0 saturated carbocycles. The molecule has 0 aliphatic heterocycles. The minimum Gasteiger partial charge on any atom is -0.374 e. The lowest BCUT2D eigenvalue weighted by atomic mass is 10.0. The van der Waals surface area contributed by atoms with Crippen LogP contribution in [0.4, 0.5) is 4.39 Å². The van der Waals surface area contributed by atoms with Crippen molar-refractivity contribution in [3.05, 3.63) is 66.2 Å². The summed E-state index contributed by atoms with van der Waals surface area (Å²) in [5, 5.41) is 3.02. The standard InChI is InChI=1S/C16H15FN2OS/c1-2-18-16(21)14(19-10-4-3-5-11-19)15(20)12-6-8-13(17)9-7-12/h3-11,14H,2H2,1H3/p+1. The fourth-order valence-corrected chi connectivity index (χ4v) is 2.39. The molecule has 0 aliphatic rings. The second-order valence-corrected chi connectivity index (χ2v) is 4.93. The molecule has 1 aromatic heterocycles. The van der Waals surface area contributed by atoms with Gasteiger partial charge in [0, 0.05) is 24.2 Å². The maximum Gasteiger partial charge on any atom is 0.270 e. The van der Waals surface area contributed by atoms with Crippen LogP contribution in [0.2, 0.25) is 0 Å². The number of carbonyl (C=O) groups is 1. The van der Waals surface area contributed by atoms with Crippen LogP contribution in [0.1, 0.15) is 23.3 Å². The number of nitrogens with one attached hydrogen (secondary N) is 1. The number of hydrogen-bond acceptors (Lipinski definition) is 2. The zero-order valence-electron chi connectivity index (χ0n) is 11.6. The van der Waals surface area contributed by atoms with Crippen molar-refractivity contribution in [1.82, 2.24) is 5.32 Å². The highest BCUT2D eigenvalue weighted by Crippen LogP contribution is 2.12. The zero-order chi connectivity index (χ0) is 15.2. The monoisotopic (exact) mass is 303 g/mol. The normalized spacial score (nSPS) is 11.7. The van der Waals surface area contributed by atoms with Crippen LogP contribution in [-0.4, -0.2) is 17.3 Å². The maximum absolute atomic E-state index is 13.0. The topological polar surface area (TPSA) is 33.0 Å². The number of hydrogen-bond donors (Lipinski definition) is 1. The number of carbonyl (C=O) groups excluding carboxylic acids is 1. The van der Waals surface area contributed by atoms with E-state index < -0.39 is 6.04 Å². The van der Waals surface area contributed by atoms with Crippen molar-refractivity contribution >= 4 is 23.0 Å². The van der Waals surface area contributed by atoms with Gasteiger partial charge >= 0.3 is 0 Å². The van der Waals surface area contributed by atoms with Crippen molar-refractivity contribution in [2.45, 2.75) is 13.0 Å². The van der Waals surface area contributed by atoms with E-state index in [1.54, 1.807) is 17.0 Å². The predicted molar refractivity (Wildman–Crippen MR) is 82.7 cm³/mol. The molecule has 5 heteroatoms. The van der Waals surface area contributed by atoms with E-state index in [1.165, 1.54) is 24.3 Å². The van der Waals surface area contributed by atoms with Crippen molar-refractivity contribution in [2.75, 3.05) is 6.54 Å². The van der Waals surface area contributed by atoms with E-state index in [2.05, 4.69) is 5.32 Å². The predicted octanol–water partition coefficient (Wildman–Crippen LogP) is 2.47. The number of likely N-dealkylation sites (N-methyl/N-ethyl adjacent to an activating group) is 1. The molecule has 0 radical (unpaired) electrons. The van der Waals surface area contributed by atoms with Crippen molar-refractivity contribution in [3.63, 3.8) is 0 Å². The van der Waals surface area contributed by atoms with E-state index in [4.69, 9.17) is 12.2 Å². The lowest BCUT2D eigenvalue weighted by Gasteiger charge is -2.13. The van der Waals surface area contributed by atoms with Gasteiger partial charge in [-0.1, -0.05) is 18.3 Å². The zero-order valence-corrected chi connectivity index (χ0v) is 12.4. The van der Waals surface area contributed by atoms with E-state index in [0.717, 1.165) is 0 Å². The Kier molecular flexibility index (Phi) is 5.11. The van der Waals surface area contributed by atoms with Gasteiger partial charge in [0.15, 0.2) is 17.4 Å². The minimum absolute atomic E-state index is 0.169. The number of Topliss-reactive ketones (excluding diaryl/α,β-unsaturated/α-hetero) is 1. The van der Waals surface area contributed by atoms with Crippen LogP contribution in [0.15, 0.2) is 54.9 Å². The lowest BCUT2D eigenvalue weighted by molar-refractivity contribution is -0.692. The van der Waals surface area contributed by atoms with Crippen molar-refractivity contribution < 1.29 is 13.8 Å². The molecule has 1 N–H and O–H groups in total. The van der Waals surface area contributed by atoms with Crippen LogP contribution in [0.3, 0.4) is 0 Å². The molecule has 1 heterocycles. The average Bonchev–Trinajstić information content (AvgIpc) is 2.49. The Morgan fingerprint density at radius 2 is 1.86 bits per heavy atom. The Hall–Kier alpha value is -2.14. The second kappa shape index (κ2) is 7.04. The first-order valence-corrected chi connectivity index (χ1v) is 7.07. The molecule has 21 heavy (non-hydrogen) atoms. The summed E-state index contributed by atoms with van der Waals surface area (Å²) in [7, 11) is 0. The van der Waals surface area contributed by atoms with Gasteiger partial charge in [0.05, 0.1) is 0 Å². The summed E-state index contributed by atoms with van der Waals surface area (Å²) in [6.07, 6.45) is 3.57. The van der Waals surface area contributed by atoms with Crippen molar-refractivity contribution in [2.24, 2.45) is 0 Å². The van der Waals surface area contributed by atoms with Gasteiger partial charge < -0.3 is 5.32 Å². The largest absolute Gasteiger partial charge is 0.374 e. The number of rotatable bonds is 5. The van der Waals surface area contributed by atoms with Gasteiger partial charge in [-0.15, -0.1) is 0 Å². The van der Waals surface area contributed by atoms with E-state index >= 15 is 0 Å². The molecule has 0 spiro atoms. The molecular weight excluding hydrogens is 287 g/mol. The third kappa shape index (κ3) is 3.70. The van der Waals surface area contributed by atoms with Gasteiger partial charge in [-0.3, -0.25) is 4.79 Å². The minimum atomic E-state index is -0.633. The van der Waals surface area contributed by atoms with Gasteiger partial charge in [-0.2, -0.15) is 4.57 Å². The molecule has 1 aromatic carbocycles. The Bertz CT molecular complexity index is 628. The number of halogens is 1. The highest BCUT2D eigenvalue weighted by molar-refractivity contribution is 7.80. The SMILES string of the molecule is CCNC(=S)C(C(=O)c1ccc(F)cc1)[n+]1ccccc1. The Morgan fingerprint density at radius 3 is 2.43 bits per heavy atom. The van der Waals surface area contributed by atoms with E-state index in [1.807, 2.05) is 25.1 Å². The fourth-order valence-electron chi connectivity index (χ4n) is 2.02.